The van der Waals surface area contributed by atoms with E-state index in [-0.39, 0.29) is 11.8 Å². The van der Waals surface area contributed by atoms with E-state index in [0.29, 0.717) is 5.52 Å². The highest BCUT2D eigenvalue weighted by molar-refractivity contribution is 5.87. The van der Waals surface area contributed by atoms with Crippen molar-refractivity contribution in [3.05, 3.63) is 72.1 Å². The maximum atomic E-state index is 10.8. The number of para-hydroxylation sites is 1. The lowest BCUT2D eigenvalue weighted by molar-refractivity contribution is 0.334. The first kappa shape index (κ1) is 14.7. The lowest BCUT2D eigenvalue weighted by Crippen LogP contribution is -2.21. The van der Waals surface area contributed by atoms with Crippen molar-refractivity contribution < 1.29 is 5.11 Å². The summed E-state index contributed by atoms with van der Waals surface area (Å²) in [5.74, 6) is 0.247. The predicted molar refractivity (Wildman–Crippen MR) is 97.2 cm³/mol. The van der Waals surface area contributed by atoms with Gasteiger partial charge in [-0.1, -0.05) is 36.4 Å². The summed E-state index contributed by atoms with van der Waals surface area (Å²) in [5.41, 5.74) is 3.73. The van der Waals surface area contributed by atoms with Crippen molar-refractivity contribution in [1.29, 1.82) is 0 Å². The summed E-state index contributed by atoms with van der Waals surface area (Å²) in [6, 6.07) is 16.0. The van der Waals surface area contributed by atoms with Gasteiger partial charge in [0, 0.05) is 34.2 Å². The second-order valence-corrected chi connectivity index (χ2v) is 6.23. The van der Waals surface area contributed by atoms with Crippen LogP contribution in [-0.2, 0) is 0 Å². The fraction of sp³-hybridized carbons (Fsp3) is 0.150. The van der Waals surface area contributed by atoms with E-state index in [9.17, 15) is 5.11 Å². The lowest BCUT2D eigenvalue weighted by atomic mass is 9.95. The molecule has 2 aromatic heterocycles. The zero-order chi connectivity index (χ0) is 16.7. The van der Waals surface area contributed by atoms with Gasteiger partial charge in [-0.15, -0.1) is 0 Å². The molecule has 2 N–H and O–H groups in total. The van der Waals surface area contributed by atoms with Crippen LogP contribution in [0.4, 0.5) is 0 Å². The van der Waals surface area contributed by atoms with Gasteiger partial charge in [-0.3, -0.25) is 9.88 Å². The number of aromatic nitrogens is 2. The highest BCUT2D eigenvalue weighted by atomic mass is 16.3. The van der Waals surface area contributed by atoms with Gasteiger partial charge < -0.3 is 10.1 Å². The van der Waals surface area contributed by atoms with Crippen molar-refractivity contribution >= 4 is 21.8 Å². The Morgan fingerprint density at radius 2 is 1.83 bits per heavy atom. The molecule has 120 valence electrons. The number of aromatic amines is 1. The van der Waals surface area contributed by atoms with Gasteiger partial charge in [0.25, 0.3) is 0 Å². The standard InChI is InChI=1S/C20H19N3O/c1-23(2)19(16-12-22-17-8-4-3-7-14(16)17)15-10-9-13-6-5-11-21-18(13)20(15)24/h3-12,19,22,24H,1-2H3. The summed E-state index contributed by atoms with van der Waals surface area (Å²) < 4.78 is 0. The van der Waals surface area contributed by atoms with Gasteiger partial charge in [0.2, 0.25) is 0 Å². The Labute approximate surface area is 140 Å². The van der Waals surface area contributed by atoms with Crippen molar-refractivity contribution in [2.24, 2.45) is 0 Å². The Morgan fingerprint density at radius 3 is 2.67 bits per heavy atom. The minimum Gasteiger partial charge on any atom is -0.505 e. The van der Waals surface area contributed by atoms with Crippen LogP contribution in [0.25, 0.3) is 21.8 Å². The molecule has 0 saturated carbocycles. The van der Waals surface area contributed by atoms with Crippen LogP contribution in [0.5, 0.6) is 5.75 Å². The molecule has 1 unspecified atom stereocenters. The monoisotopic (exact) mass is 317 g/mol. The van der Waals surface area contributed by atoms with Crippen LogP contribution in [0.3, 0.4) is 0 Å². The molecule has 0 spiro atoms. The second-order valence-electron chi connectivity index (χ2n) is 6.23. The Kier molecular flexibility index (Phi) is 3.47. The Morgan fingerprint density at radius 1 is 1.00 bits per heavy atom. The van der Waals surface area contributed by atoms with E-state index in [1.54, 1.807) is 6.20 Å². The largest absolute Gasteiger partial charge is 0.505 e. The molecule has 24 heavy (non-hydrogen) atoms. The third kappa shape index (κ3) is 2.23. The molecule has 0 radical (unpaired) electrons. The second kappa shape index (κ2) is 5.65. The van der Waals surface area contributed by atoms with E-state index in [0.717, 1.165) is 27.4 Å². The summed E-state index contributed by atoms with van der Waals surface area (Å²) in [6.45, 7) is 0. The molecule has 0 amide bonds. The number of nitrogens with zero attached hydrogens (tertiary/aromatic N) is 2. The third-order valence-corrected chi connectivity index (χ3v) is 4.51. The first-order chi connectivity index (χ1) is 11.7. The van der Waals surface area contributed by atoms with Crippen molar-refractivity contribution in [1.82, 2.24) is 14.9 Å². The summed E-state index contributed by atoms with van der Waals surface area (Å²) >= 11 is 0. The Balaban J connectivity index is 1.95. The number of hydrogen-bond donors (Lipinski definition) is 2. The van der Waals surface area contributed by atoms with Gasteiger partial charge >= 0.3 is 0 Å². The van der Waals surface area contributed by atoms with E-state index < -0.39 is 0 Å². The number of nitrogens with one attached hydrogen (secondary N) is 1. The first-order valence-corrected chi connectivity index (χ1v) is 7.96. The van der Waals surface area contributed by atoms with Crippen molar-refractivity contribution in [2.75, 3.05) is 14.1 Å². The minimum absolute atomic E-state index is 0.0624. The minimum atomic E-state index is -0.0624. The molecule has 4 rings (SSSR count). The summed E-state index contributed by atoms with van der Waals surface area (Å²) in [7, 11) is 4.04. The number of H-pyrrole nitrogens is 1. The zero-order valence-electron chi connectivity index (χ0n) is 13.7. The number of phenolic OH excluding ortho intramolecular Hbond substituents is 1. The van der Waals surface area contributed by atoms with E-state index in [2.05, 4.69) is 27.0 Å². The maximum absolute atomic E-state index is 10.8. The molecule has 4 aromatic rings. The van der Waals surface area contributed by atoms with Crippen molar-refractivity contribution in [3.63, 3.8) is 0 Å². The third-order valence-electron chi connectivity index (χ3n) is 4.51. The topological polar surface area (TPSA) is 52.1 Å². The average Bonchev–Trinajstić information content (AvgIpc) is 3.01. The Hall–Kier alpha value is -2.85. The SMILES string of the molecule is CN(C)C(c1ccc2cccnc2c1O)c1c[nH]c2ccccc12. The molecule has 4 nitrogen and oxygen atoms in total. The van der Waals surface area contributed by atoms with E-state index >= 15 is 0 Å². The van der Waals surface area contributed by atoms with Gasteiger partial charge in [0.1, 0.15) is 11.3 Å². The van der Waals surface area contributed by atoms with Gasteiger partial charge in [0.05, 0.1) is 6.04 Å². The number of aromatic hydroxyl groups is 1. The van der Waals surface area contributed by atoms with Gasteiger partial charge in [-0.25, -0.2) is 0 Å². The molecule has 0 bridgehead atoms. The van der Waals surface area contributed by atoms with Crippen LogP contribution in [0.15, 0.2) is 60.9 Å². The molecular formula is C20H19N3O. The average molecular weight is 317 g/mol. The lowest BCUT2D eigenvalue weighted by Gasteiger charge is -2.25. The van der Waals surface area contributed by atoms with Crippen LogP contribution in [0.2, 0.25) is 0 Å². The fourth-order valence-electron chi connectivity index (χ4n) is 3.41. The molecule has 2 heterocycles. The number of rotatable bonds is 3. The van der Waals surface area contributed by atoms with Crippen molar-refractivity contribution in [3.8, 4) is 5.75 Å². The normalized spacial score (nSPS) is 13.0. The Bertz CT molecular complexity index is 1020. The van der Waals surface area contributed by atoms with Gasteiger partial charge in [-0.2, -0.15) is 0 Å². The molecular weight excluding hydrogens is 298 g/mol. The van der Waals surface area contributed by atoms with Gasteiger partial charge in [0.15, 0.2) is 0 Å². The van der Waals surface area contributed by atoms with Crippen LogP contribution in [0.1, 0.15) is 17.2 Å². The molecule has 0 aliphatic heterocycles. The number of fused-ring (bicyclic) bond motifs is 2. The number of pyridine rings is 1. The highest BCUT2D eigenvalue weighted by Crippen LogP contribution is 2.39. The molecule has 1 atom stereocenters. The van der Waals surface area contributed by atoms with Crippen LogP contribution < -0.4 is 0 Å². The molecule has 2 aromatic carbocycles. The number of hydrogen-bond acceptors (Lipinski definition) is 3. The summed E-state index contributed by atoms with van der Waals surface area (Å²) in [5, 5.41) is 12.9. The molecule has 0 saturated heterocycles. The van der Waals surface area contributed by atoms with E-state index in [1.165, 1.54) is 0 Å². The molecule has 0 aliphatic rings. The van der Waals surface area contributed by atoms with E-state index in [1.807, 2.05) is 56.7 Å². The summed E-state index contributed by atoms with van der Waals surface area (Å²) in [4.78, 5) is 9.79. The summed E-state index contributed by atoms with van der Waals surface area (Å²) in [6.07, 6.45) is 3.74. The predicted octanol–water partition coefficient (Wildman–Crippen LogP) is 4.07. The quantitative estimate of drug-likeness (QED) is 0.599. The smallest absolute Gasteiger partial charge is 0.146 e. The van der Waals surface area contributed by atoms with Gasteiger partial charge in [-0.05, 0) is 31.8 Å². The number of benzene rings is 2. The molecule has 0 fully saturated rings. The van der Waals surface area contributed by atoms with Crippen LogP contribution in [-0.4, -0.2) is 34.1 Å². The molecule has 0 aliphatic carbocycles. The van der Waals surface area contributed by atoms with E-state index in [4.69, 9.17) is 0 Å². The maximum Gasteiger partial charge on any atom is 0.146 e. The fourth-order valence-corrected chi connectivity index (χ4v) is 3.41. The first-order valence-electron chi connectivity index (χ1n) is 7.96. The zero-order valence-corrected chi connectivity index (χ0v) is 13.7. The number of phenols is 1. The molecule has 4 heteroatoms. The van der Waals surface area contributed by atoms with Crippen molar-refractivity contribution in [2.45, 2.75) is 6.04 Å². The highest BCUT2D eigenvalue weighted by Gasteiger charge is 2.24. The van der Waals surface area contributed by atoms with Crippen LogP contribution in [0, 0.1) is 0 Å². The van der Waals surface area contributed by atoms with Crippen LogP contribution >= 0.6 is 0 Å².